The highest BCUT2D eigenvalue weighted by Gasteiger charge is 2.32. The van der Waals surface area contributed by atoms with E-state index in [4.69, 9.17) is 11.6 Å². The van der Waals surface area contributed by atoms with Gasteiger partial charge in [-0.1, -0.05) is 55.8 Å². The van der Waals surface area contributed by atoms with E-state index in [9.17, 15) is 18.0 Å². The molecule has 192 valence electrons. The molecule has 0 heterocycles. The zero-order valence-electron chi connectivity index (χ0n) is 21.1. The minimum Gasteiger partial charge on any atom is -0.352 e. The molecule has 2 atom stereocenters. The number of aryl methyl sites for hydroxylation is 1. The molecule has 7 nitrogen and oxygen atoms in total. The fourth-order valence-electron chi connectivity index (χ4n) is 3.83. The van der Waals surface area contributed by atoms with E-state index in [2.05, 4.69) is 5.32 Å². The zero-order valence-corrected chi connectivity index (χ0v) is 22.7. The molecule has 2 aromatic rings. The van der Waals surface area contributed by atoms with Crippen LogP contribution in [0.3, 0.4) is 0 Å². The van der Waals surface area contributed by atoms with Crippen LogP contribution in [0.2, 0.25) is 5.02 Å². The Morgan fingerprint density at radius 1 is 1.06 bits per heavy atom. The van der Waals surface area contributed by atoms with Gasteiger partial charge >= 0.3 is 0 Å². The first-order valence-corrected chi connectivity index (χ1v) is 14.1. The lowest BCUT2D eigenvalue weighted by Gasteiger charge is -2.33. The van der Waals surface area contributed by atoms with E-state index in [1.807, 2.05) is 51.1 Å². The topological polar surface area (TPSA) is 86.8 Å². The third-order valence-corrected chi connectivity index (χ3v) is 7.34. The van der Waals surface area contributed by atoms with E-state index in [1.54, 1.807) is 25.1 Å². The van der Waals surface area contributed by atoms with Crippen LogP contribution in [0.25, 0.3) is 0 Å². The van der Waals surface area contributed by atoms with Crippen molar-refractivity contribution in [2.75, 3.05) is 23.7 Å². The molecule has 2 aromatic carbocycles. The summed E-state index contributed by atoms with van der Waals surface area (Å²) in [4.78, 5) is 28.2. The number of sulfonamides is 1. The number of hydrogen-bond donors (Lipinski definition) is 1. The molecule has 0 aliphatic carbocycles. The summed E-state index contributed by atoms with van der Waals surface area (Å²) in [5, 5.41) is 3.44. The first-order chi connectivity index (χ1) is 16.5. The highest BCUT2D eigenvalue weighted by Crippen LogP contribution is 2.26. The van der Waals surface area contributed by atoms with Gasteiger partial charge in [0.1, 0.15) is 12.6 Å². The van der Waals surface area contributed by atoms with Crippen LogP contribution in [0, 0.1) is 6.92 Å². The first kappa shape index (κ1) is 28.7. The maximum absolute atomic E-state index is 13.6. The molecule has 2 amide bonds. The maximum atomic E-state index is 13.6. The second-order valence-electron chi connectivity index (χ2n) is 8.77. The minimum atomic E-state index is -3.78. The summed E-state index contributed by atoms with van der Waals surface area (Å²) in [5.74, 6) is -0.677. The Hall–Kier alpha value is -2.58. The highest BCUT2D eigenvalue weighted by atomic mass is 35.5. The Morgan fingerprint density at radius 2 is 1.71 bits per heavy atom. The first-order valence-electron chi connectivity index (χ1n) is 11.9. The van der Waals surface area contributed by atoms with Gasteiger partial charge in [0.25, 0.3) is 0 Å². The number of benzene rings is 2. The van der Waals surface area contributed by atoms with Crippen molar-refractivity contribution in [3.63, 3.8) is 0 Å². The summed E-state index contributed by atoms with van der Waals surface area (Å²) in [5.41, 5.74) is 2.04. The zero-order chi connectivity index (χ0) is 26.2. The summed E-state index contributed by atoms with van der Waals surface area (Å²) < 4.78 is 26.5. The van der Waals surface area contributed by atoms with Crippen LogP contribution in [0.1, 0.15) is 44.7 Å². The molecule has 0 radical (unpaired) electrons. The summed E-state index contributed by atoms with van der Waals surface area (Å²) in [7, 11) is -3.78. The number of halogens is 1. The Kier molecular flexibility index (Phi) is 10.6. The van der Waals surface area contributed by atoms with Gasteiger partial charge < -0.3 is 10.2 Å². The molecule has 0 aliphatic rings. The highest BCUT2D eigenvalue weighted by molar-refractivity contribution is 7.92. The molecule has 0 saturated heterocycles. The predicted octanol–water partition coefficient (Wildman–Crippen LogP) is 4.18. The van der Waals surface area contributed by atoms with Gasteiger partial charge in [-0.05, 0) is 62.4 Å². The number of anilines is 1. The van der Waals surface area contributed by atoms with Gasteiger partial charge in [0.15, 0.2) is 0 Å². The van der Waals surface area contributed by atoms with Crippen molar-refractivity contribution in [3.05, 3.63) is 64.7 Å². The molecule has 35 heavy (non-hydrogen) atoms. The van der Waals surface area contributed by atoms with Crippen LogP contribution in [0.15, 0.2) is 48.5 Å². The second kappa shape index (κ2) is 12.9. The van der Waals surface area contributed by atoms with Gasteiger partial charge in [-0.25, -0.2) is 8.42 Å². The van der Waals surface area contributed by atoms with Gasteiger partial charge in [0.05, 0.1) is 11.9 Å². The number of nitrogens with one attached hydrogen (secondary N) is 1. The summed E-state index contributed by atoms with van der Waals surface area (Å²) in [6.45, 7) is 7.35. The lowest BCUT2D eigenvalue weighted by Crippen LogP contribution is -2.54. The number of rotatable bonds is 12. The molecular weight excluding hydrogens is 486 g/mol. The summed E-state index contributed by atoms with van der Waals surface area (Å²) in [6.07, 6.45) is 2.77. The number of amides is 2. The third kappa shape index (κ3) is 8.25. The number of nitrogens with zero attached hydrogens (tertiary/aromatic N) is 2. The quantitative estimate of drug-likeness (QED) is 0.454. The molecule has 0 aromatic heterocycles. The SMILES string of the molecule is CC[C@@H](C)NC(=O)[C@@H](CC)N(CCc1ccccc1)C(=O)CN(c1ccc(Cl)cc1C)S(C)(=O)=O. The molecule has 0 bridgehead atoms. The lowest BCUT2D eigenvalue weighted by molar-refractivity contribution is -0.139. The van der Waals surface area contributed by atoms with Crippen LogP contribution in [0.4, 0.5) is 5.69 Å². The molecule has 0 saturated carbocycles. The third-order valence-electron chi connectivity index (χ3n) is 5.98. The van der Waals surface area contributed by atoms with Crippen molar-refractivity contribution in [1.29, 1.82) is 0 Å². The molecule has 1 N–H and O–H groups in total. The predicted molar refractivity (Wildman–Crippen MR) is 142 cm³/mol. The molecule has 0 spiro atoms. The Labute approximate surface area is 214 Å². The Balaban J connectivity index is 2.39. The molecule has 0 aliphatic heterocycles. The molecular formula is C26H36ClN3O4S. The monoisotopic (exact) mass is 521 g/mol. The van der Waals surface area contributed by atoms with Crippen LogP contribution in [-0.2, 0) is 26.0 Å². The van der Waals surface area contributed by atoms with Crippen molar-refractivity contribution in [3.8, 4) is 0 Å². The summed E-state index contributed by atoms with van der Waals surface area (Å²) in [6, 6.07) is 13.8. The Morgan fingerprint density at radius 3 is 2.26 bits per heavy atom. The normalized spacial score (nSPS) is 13.1. The van der Waals surface area contributed by atoms with Gasteiger partial charge in [0, 0.05) is 17.6 Å². The van der Waals surface area contributed by atoms with Crippen molar-refractivity contribution in [2.24, 2.45) is 0 Å². The minimum absolute atomic E-state index is 0.0353. The average Bonchev–Trinajstić information content (AvgIpc) is 2.80. The molecule has 0 fully saturated rings. The number of carbonyl (C=O) groups excluding carboxylic acids is 2. The van der Waals surface area contributed by atoms with Crippen LogP contribution in [0.5, 0.6) is 0 Å². The van der Waals surface area contributed by atoms with Gasteiger partial charge in [-0.15, -0.1) is 0 Å². The van der Waals surface area contributed by atoms with Crippen LogP contribution in [-0.4, -0.2) is 56.6 Å². The van der Waals surface area contributed by atoms with Crippen molar-refractivity contribution in [1.82, 2.24) is 10.2 Å². The van der Waals surface area contributed by atoms with Crippen molar-refractivity contribution in [2.45, 2.75) is 59.0 Å². The van der Waals surface area contributed by atoms with Gasteiger partial charge in [-0.3, -0.25) is 13.9 Å². The standard InChI is InChI=1S/C26H36ClN3O4S/c1-6-20(4)28-26(32)23(7-2)29(16-15-21-11-9-8-10-12-21)25(31)18-30(35(5,33)34)24-14-13-22(27)17-19(24)3/h8-14,17,20,23H,6-7,15-16,18H2,1-5H3,(H,28,32)/t20-,23-/m1/s1. The van der Waals surface area contributed by atoms with E-state index < -0.39 is 28.5 Å². The fraction of sp³-hybridized carbons (Fsp3) is 0.462. The van der Waals surface area contributed by atoms with E-state index in [0.29, 0.717) is 29.1 Å². The van der Waals surface area contributed by atoms with E-state index >= 15 is 0 Å². The Bertz CT molecular complexity index is 1110. The second-order valence-corrected chi connectivity index (χ2v) is 11.1. The molecule has 0 unspecified atom stereocenters. The van der Waals surface area contributed by atoms with Crippen LogP contribution < -0.4 is 9.62 Å². The largest absolute Gasteiger partial charge is 0.352 e. The molecule has 2 rings (SSSR count). The van der Waals surface area contributed by atoms with Crippen LogP contribution >= 0.6 is 11.6 Å². The van der Waals surface area contributed by atoms with E-state index in [-0.39, 0.29) is 18.5 Å². The van der Waals surface area contributed by atoms with Crippen molar-refractivity contribution >= 4 is 39.1 Å². The van der Waals surface area contributed by atoms with E-state index in [1.165, 1.54) is 4.90 Å². The van der Waals surface area contributed by atoms with Gasteiger partial charge in [-0.2, -0.15) is 0 Å². The lowest BCUT2D eigenvalue weighted by atomic mass is 10.1. The average molecular weight is 522 g/mol. The van der Waals surface area contributed by atoms with Crippen molar-refractivity contribution < 1.29 is 18.0 Å². The smallest absolute Gasteiger partial charge is 0.244 e. The summed E-state index contributed by atoms with van der Waals surface area (Å²) >= 11 is 6.05. The maximum Gasteiger partial charge on any atom is 0.244 e. The number of hydrogen-bond acceptors (Lipinski definition) is 4. The fourth-order valence-corrected chi connectivity index (χ4v) is 4.96. The molecule has 9 heteroatoms. The van der Waals surface area contributed by atoms with Gasteiger partial charge in [0.2, 0.25) is 21.8 Å². The number of carbonyl (C=O) groups is 2. The van der Waals surface area contributed by atoms with E-state index in [0.717, 1.165) is 22.5 Å².